The zero-order valence-electron chi connectivity index (χ0n) is 11.2. The average molecular weight is 300 g/mol. The summed E-state index contributed by atoms with van der Waals surface area (Å²) >= 11 is 0. The van der Waals surface area contributed by atoms with Crippen LogP contribution in [0.2, 0.25) is 0 Å². The summed E-state index contributed by atoms with van der Waals surface area (Å²) in [6, 6.07) is 4.20. The maximum atomic E-state index is 12.0. The summed E-state index contributed by atoms with van der Waals surface area (Å²) in [5, 5.41) is 2.55. The Kier molecular flexibility index (Phi) is 4.26. The molecule has 0 aromatic heterocycles. The summed E-state index contributed by atoms with van der Waals surface area (Å²) < 4.78 is 29.1. The van der Waals surface area contributed by atoms with Gasteiger partial charge in [-0.25, -0.2) is 8.42 Å². The molecule has 1 aliphatic rings. The van der Waals surface area contributed by atoms with E-state index in [0.29, 0.717) is 11.4 Å². The fourth-order valence-corrected chi connectivity index (χ4v) is 2.40. The van der Waals surface area contributed by atoms with Gasteiger partial charge in [-0.1, -0.05) is 18.7 Å². The molecule has 1 aromatic carbocycles. The summed E-state index contributed by atoms with van der Waals surface area (Å²) in [4.78, 5) is 18.2. The number of sulfonamides is 1. The Labute approximate surface area is 117 Å². The minimum absolute atomic E-state index is 0.00851. The molecule has 0 atom stereocenters. The zero-order chi connectivity index (χ0) is 14.8. The number of hydrogen-bond donors (Lipinski definition) is 2. The first kappa shape index (κ1) is 14.8. The van der Waals surface area contributed by atoms with Gasteiger partial charge in [0.05, 0.1) is 17.2 Å². The average Bonchev–Trinajstić information content (AvgIpc) is 2.37. The van der Waals surface area contributed by atoms with Crippen molar-refractivity contribution in [2.75, 3.05) is 18.5 Å². The highest BCUT2D eigenvalue weighted by molar-refractivity contribution is 7.89. The third-order valence-corrected chi connectivity index (χ3v) is 3.69. The summed E-state index contributed by atoms with van der Waals surface area (Å²) in [7, 11) is -3.79. The monoisotopic (exact) mass is 300 g/mol. The maximum absolute atomic E-state index is 12.0. The molecule has 0 spiro atoms. The van der Waals surface area contributed by atoms with Crippen molar-refractivity contribution in [1.29, 1.82) is 0 Å². The molecule has 1 aliphatic heterocycles. The molecule has 0 saturated carbocycles. The van der Waals surface area contributed by atoms with E-state index in [1.54, 1.807) is 0 Å². The van der Waals surface area contributed by atoms with E-state index >= 15 is 0 Å². The van der Waals surface area contributed by atoms with Crippen molar-refractivity contribution in [2.45, 2.75) is 18.7 Å². The van der Waals surface area contributed by atoms with Crippen LogP contribution < -0.4 is 14.9 Å². The highest BCUT2D eigenvalue weighted by Crippen LogP contribution is 2.29. The topological polar surface area (TPSA) is 93.7 Å². The van der Waals surface area contributed by atoms with E-state index < -0.39 is 10.0 Å². The van der Waals surface area contributed by atoms with E-state index in [0.717, 1.165) is 0 Å². The van der Waals surface area contributed by atoms with Crippen molar-refractivity contribution < 1.29 is 22.8 Å². The molecule has 0 bridgehead atoms. The van der Waals surface area contributed by atoms with Crippen molar-refractivity contribution in [2.24, 2.45) is 5.92 Å². The number of fused-ring (bicyclic) bond motifs is 1. The molecule has 0 fully saturated rings. The van der Waals surface area contributed by atoms with Crippen LogP contribution in [0.4, 0.5) is 5.69 Å². The van der Waals surface area contributed by atoms with E-state index in [2.05, 4.69) is 5.32 Å². The maximum Gasteiger partial charge on any atom is 0.262 e. The zero-order valence-corrected chi connectivity index (χ0v) is 12.0. The smallest absolute Gasteiger partial charge is 0.262 e. The standard InChI is InChI=1S/C12H16N2O5S/c1-8(2)6-19-14-20(16,17)9-3-4-11-10(5-9)13-12(15)7-18-11/h3-5,8,14H,6-7H2,1-2H3,(H,13,15). The Morgan fingerprint density at radius 3 is 2.90 bits per heavy atom. The number of carbonyl (C=O) groups excluding carboxylic acids is 1. The molecule has 0 saturated heterocycles. The predicted molar refractivity (Wildman–Crippen MR) is 71.7 cm³/mol. The van der Waals surface area contributed by atoms with Gasteiger partial charge in [0.1, 0.15) is 5.75 Å². The van der Waals surface area contributed by atoms with E-state index in [9.17, 15) is 13.2 Å². The molecule has 0 radical (unpaired) electrons. The van der Waals surface area contributed by atoms with Gasteiger partial charge in [-0.05, 0) is 24.1 Å². The van der Waals surface area contributed by atoms with E-state index in [1.165, 1.54) is 18.2 Å². The largest absolute Gasteiger partial charge is 0.482 e. The molecule has 1 heterocycles. The second kappa shape index (κ2) is 5.78. The molecular weight excluding hydrogens is 284 g/mol. The van der Waals surface area contributed by atoms with Crippen LogP contribution in [0.15, 0.2) is 23.1 Å². The van der Waals surface area contributed by atoms with E-state index in [-0.39, 0.29) is 29.9 Å². The number of carbonyl (C=O) groups is 1. The lowest BCUT2D eigenvalue weighted by molar-refractivity contribution is -0.118. The Morgan fingerprint density at radius 1 is 1.45 bits per heavy atom. The Hall–Kier alpha value is -1.64. The number of hydrogen-bond acceptors (Lipinski definition) is 5. The highest BCUT2D eigenvalue weighted by Gasteiger charge is 2.21. The summed E-state index contributed by atoms with van der Waals surface area (Å²) in [5.41, 5.74) is 0.327. The SMILES string of the molecule is CC(C)CONS(=O)(=O)c1ccc2c(c1)NC(=O)CO2. The van der Waals surface area contributed by atoms with Gasteiger partial charge in [0.15, 0.2) is 6.61 Å². The van der Waals surface area contributed by atoms with Gasteiger partial charge in [-0.3, -0.25) is 9.63 Å². The lowest BCUT2D eigenvalue weighted by atomic mass is 10.2. The second-order valence-corrected chi connectivity index (χ2v) is 6.43. The quantitative estimate of drug-likeness (QED) is 0.787. The van der Waals surface area contributed by atoms with Crippen molar-refractivity contribution in [3.63, 3.8) is 0 Å². The first-order valence-corrected chi connectivity index (χ1v) is 7.57. The van der Waals surface area contributed by atoms with Crippen LogP contribution in [0, 0.1) is 5.92 Å². The Morgan fingerprint density at radius 2 is 2.20 bits per heavy atom. The van der Waals surface area contributed by atoms with Crippen LogP contribution in [0.25, 0.3) is 0 Å². The van der Waals surface area contributed by atoms with Crippen LogP contribution in [-0.2, 0) is 19.7 Å². The lowest BCUT2D eigenvalue weighted by Crippen LogP contribution is -2.28. The molecule has 2 rings (SSSR count). The summed E-state index contributed by atoms with van der Waals surface area (Å²) in [6.07, 6.45) is 0. The van der Waals surface area contributed by atoms with Crippen molar-refractivity contribution in [3.05, 3.63) is 18.2 Å². The minimum Gasteiger partial charge on any atom is -0.482 e. The van der Waals surface area contributed by atoms with Gasteiger partial charge in [0.25, 0.3) is 15.9 Å². The fraction of sp³-hybridized carbons (Fsp3) is 0.417. The summed E-state index contributed by atoms with van der Waals surface area (Å²) in [6.45, 7) is 4.00. The second-order valence-electron chi connectivity index (χ2n) is 4.79. The minimum atomic E-state index is -3.79. The van der Waals surface area contributed by atoms with Crippen LogP contribution >= 0.6 is 0 Å². The Bertz CT molecular complexity index is 612. The molecule has 110 valence electrons. The van der Waals surface area contributed by atoms with Gasteiger partial charge in [-0.15, -0.1) is 0 Å². The number of benzene rings is 1. The normalized spacial score (nSPS) is 14.7. The van der Waals surface area contributed by atoms with Crippen LogP contribution in [0.3, 0.4) is 0 Å². The molecular formula is C12H16N2O5S. The van der Waals surface area contributed by atoms with Crippen LogP contribution in [0.5, 0.6) is 5.75 Å². The summed E-state index contributed by atoms with van der Waals surface area (Å²) in [5.74, 6) is 0.316. The molecule has 8 heteroatoms. The first-order valence-electron chi connectivity index (χ1n) is 6.09. The lowest BCUT2D eigenvalue weighted by Gasteiger charge is -2.18. The third kappa shape index (κ3) is 3.47. The first-order chi connectivity index (χ1) is 9.38. The van der Waals surface area contributed by atoms with E-state index in [1.807, 2.05) is 18.7 Å². The van der Waals surface area contributed by atoms with Crippen LogP contribution in [0.1, 0.15) is 13.8 Å². The van der Waals surface area contributed by atoms with Gasteiger partial charge in [0, 0.05) is 0 Å². The third-order valence-electron chi connectivity index (χ3n) is 2.48. The number of ether oxygens (including phenoxy) is 1. The molecule has 20 heavy (non-hydrogen) atoms. The molecule has 1 amide bonds. The molecule has 1 aromatic rings. The van der Waals surface area contributed by atoms with Crippen molar-refractivity contribution in [3.8, 4) is 5.75 Å². The van der Waals surface area contributed by atoms with Crippen LogP contribution in [-0.4, -0.2) is 27.5 Å². The van der Waals surface area contributed by atoms with Crippen molar-refractivity contribution in [1.82, 2.24) is 4.89 Å². The predicted octanol–water partition coefficient (Wildman–Crippen LogP) is 0.883. The number of amides is 1. The molecule has 2 N–H and O–H groups in total. The van der Waals surface area contributed by atoms with Gasteiger partial charge in [-0.2, -0.15) is 0 Å². The van der Waals surface area contributed by atoms with Gasteiger partial charge in [0.2, 0.25) is 0 Å². The Balaban J connectivity index is 2.16. The number of rotatable bonds is 5. The van der Waals surface area contributed by atoms with Crippen molar-refractivity contribution >= 4 is 21.6 Å². The van der Waals surface area contributed by atoms with Gasteiger partial charge >= 0.3 is 0 Å². The fourth-order valence-electron chi connectivity index (χ4n) is 1.56. The molecule has 0 aliphatic carbocycles. The number of nitrogens with one attached hydrogen (secondary N) is 2. The number of anilines is 1. The van der Waals surface area contributed by atoms with Gasteiger partial charge < -0.3 is 10.1 Å². The van der Waals surface area contributed by atoms with E-state index in [4.69, 9.17) is 9.57 Å². The highest BCUT2D eigenvalue weighted by atomic mass is 32.2. The molecule has 0 unspecified atom stereocenters. The molecule has 7 nitrogen and oxygen atoms in total.